The summed E-state index contributed by atoms with van der Waals surface area (Å²) in [6.07, 6.45) is -4.64. The molecule has 170 valence electrons. The predicted molar refractivity (Wildman–Crippen MR) is 109 cm³/mol. The molecule has 0 aromatic carbocycles. The van der Waals surface area contributed by atoms with Gasteiger partial charge in [-0.1, -0.05) is 5.92 Å². The van der Waals surface area contributed by atoms with Crippen LogP contribution in [0.2, 0.25) is 0 Å². The quantitative estimate of drug-likeness (QED) is 0.371. The lowest BCUT2D eigenvalue weighted by molar-refractivity contribution is -0.155. The molecule has 4 atom stereocenters. The minimum Gasteiger partial charge on any atom is -0.479 e. The Hall–Kier alpha value is -3.31. The highest BCUT2D eigenvalue weighted by molar-refractivity contribution is 5.82. The summed E-state index contributed by atoms with van der Waals surface area (Å²) in [4.78, 5) is 39.1. The Morgan fingerprint density at radius 1 is 1.22 bits per heavy atom. The fraction of sp³-hybridized carbons (Fsp3) is 0.526. The maximum absolute atomic E-state index is 11.4. The van der Waals surface area contributed by atoms with Gasteiger partial charge in [0, 0.05) is 33.1 Å². The summed E-state index contributed by atoms with van der Waals surface area (Å²) in [7, 11) is 0. The molecule has 1 amide bonds. The zero-order valence-corrected chi connectivity index (χ0v) is 17.2. The van der Waals surface area contributed by atoms with E-state index in [-0.39, 0.29) is 28.7 Å². The van der Waals surface area contributed by atoms with Crippen molar-refractivity contribution in [2.24, 2.45) is 0 Å². The molecule has 0 aliphatic carbocycles. The van der Waals surface area contributed by atoms with Gasteiger partial charge in [-0.3, -0.25) is 14.3 Å². The van der Waals surface area contributed by atoms with Crippen molar-refractivity contribution < 1.29 is 29.6 Å². The van der Waals surface area contributed by atoms with E-state index < -0.39 is 30.5 Å². The van der Waals surface area contributed by atoms with Crippen LogP contribution in [-0.4, -0.2) is 108 Å². The first kappa shape index (κ1) is 21.9. The molecular formula is C19H23N7O6. The van der Waals surface area contributed by atoms with Gasteiger partial charge >= 0.3 is 5.97 Å². The molecule has 4 heterocycles. The average Bonchev–Trinajstić information content (AvgIpc) is 3.30. The van der Waals surface area contributed by atoms with Gasteiger partial charge in [-0.2, -0.15) is 0 Å². The monoisotopic (exact) mass is 445 g/mol. The number of piperazine rings is 1. The first-order valence-corrected chi connectivity index (χ1v) is 9.97. The first-order valence-electron chi connectivity index (χ1n) is 9.97. The molecule has 32 heavy (non-hydrogen) atoms. The highest BCUT2D eigenvalue weighted by Gasteiger charge is 2.48. The van der Waals surface area contributed by atoms with Crippen molar-refractivity contribution in [3.05, 3.63) is 12.2 Å². The SMILES string of the molecule is CC(=O)N1CCN(CC#Cc2nc(N)c3ncn(C4OC(C(=O)O)C(O)C4O)c3n2)CC1. The fourth-order valence-electron chi connectivity index (χ4n) is 3.73. The molecule has 13 heteroatoms. The van der Waals surface area contributed by atoms with E-state index in [9.17, 15) is 19.8 Å². The summed E-state index contributed by atoms with van der Waals surface area (Å²) in [5.41, 5.74) is 6.41. The van der Waals surface area contributed by atoms with Crippen LogP contribution in [0.5, 0.6) is 0 Å². The van der Waals surface area contributed by atoms with Gasteiger partial charge < -0.3 is 30.7 Å². The van der Waals surface area contributed by atoms with Crippen LogP contribution in [0.4, 0.5) is 5.82 Å². The molecule has 4 unspecified atom stereocenters. The van der Waals surface area contributed by atoms with E-state index in [0.717, 1.165) is 0 Å². The Balaban J connectivity index is 1.53. The third-order valence-electron chi connectivity index (χ3n) is 5.52. The van der Waals surface area contributed by atoms with E-state index in [0.29, 0.717) is 32.7 Å². The molecule has 13 nitrogen and oxygen atoms in total. The molecule has 5 N–H and O–H groups in total. The number of carboxylic acids is 1. The second-order valence-electron chi connectivity index (χ2n) is 7.61. The van der Waals surface area contributed by atoms with E-state index in [4.69, 9.17) is 15.6 Å². The van der Waals surface area contributed by atoms with Crippen molar-refractivity contribution >= 4 is 28.9 Å². The minimum absolute atomic E-state index is 0.0584. The highest BCUT2D eigenvalue weighted by Crippen LogP contribution is 2.32. The number of amides is 1. The van der Waals surface area contributed by atoms with E-state index in [1.807, 2.05) is 0 Å². The minimum atomic E-state index is -1.61. The van der Waals surface area contributed by atoms with Gasteiger partial charge in [-0.05, 0) is 5.92 Å². The number of aliphatic hydroxyl groups is 2. The van der Waals surface area contributed by atoms with Crippen LogP contribution < -0.4 is 5.73 Å². The second-order valence-corrected chi connectivity index (χ2v) is 7.61. The Morgan fingerprint density at radius 2 is 1.94 bits per heavy atom. The third kappa shape index (κ3) is 4.08. The number of fused-ring (bicyclic) bond motifs is 1. The van der Waals surface area contributed by atoms with Gasteiger partial charge in [-0.25, -0.2) is 19.7 Å². The molecular weight excluding hydrogens is 422 g/mol. The van der Waals surface area contributed by atoms with Crippen LogP contribution >= 0.6 is 0 Å². The standard InChI is InChI=1S/C19H23N7O6/c1-10(27)25-7-5-24(6-8-25)4-2-3-11-22-16(20)12-17(23-11)26(9-21-12)18-14(29)13(28)15(32-18)19(30)31/h9,13-15,18,28-29H,4-8H2,1H3,(H,30,31)(H2,20,22,23). The molecule has 2 aliphatic heterocycles. The lowest BCUT2D eigenvalue weighted by atomic mass is 10.1. The number of aliphatic carboxylic acids is 1. The van der Waals surface area contributed by atoms with Gasteiger partial charge in [0.05, 0.1) is 12.9 Å². The van der Waals surface area contributed by atoms with Crippen molar-refractivity contribution in [1.29, 1.82) is 0 Å². The van der Waals surface area contributed by atoms with Gasteiger partial charge in [-0.15, -0.1) is 0 Å². The van der Waals surface area contributed by atoms with Crippen LogP contribution in [0, 0.1) is 11.8 Å². The second kappa shape index (κ2) is 8.67. The maximum Gasteiger partial charge on any atom is 0.335 e. The molecule has 2 aliphatic rings. The number of aromatic nitrogens is 4. The molecule has 4 rings (SSSR count). The van der Waals surface area contributed by atoms with Gasteiger partial charge in [0.1, 0.15) is 17.7 Å². The molecule has 2 aromatic rings. The number of ether oxygens (including phenoxy) is 1. The summed E-state index contributed by atoms with van der Waals surface area (Å²) < 4.78 is 6.62. The number of carboxylic acid groups (broad SMARTS) is 1. The predicted octanol–water partition coefficient (Wildman–Crippen LogP) is -2.37. The normalized spacial score (nSPS) is 26.2. The van der Waals surface area contributed by atoms with Crippen LogP contribution in [-0.2, 0) is 14.3 Å². The number of hydrogen-bond acceptors (Lipinski definition) is 10. The maximum atomic E-state index is 11.4. The van der Waals surface area contributed by atoms with E-state index in [1.165, 1.54) is 10.9 Å². The molecule has 2 saturated heterocycles. The molecule has 2 aromatic heterocycles. The van der Waals surface area contributed by atoms with Crippen molar-refractivity contribution in [3.8, 4) is 11.8 Å². The number of hydrogen-bond donors (Lipinski definition) is 4. The summed E-state index contributed by atoms with van der Waals surface area (Å²) in [5.74, 6) is 4.70. The number of aliphatic hydroxyl groups excluding tert-OH is 2. The lowest BCUT2D eigenvalue weighted by Crippen LogP contribution is -2.47. The largest absolute Gasteiger partial charge is 0.479 e. The topological polar surface area (TPSA) is 180 Å². The van der Waals surface area contributed by atoms with Crippen LogP contribution in [0.3, 0.4) is 0 Å². The van der Waals surface area contributed by atoms with E-state index in [1.54, 1.807) is 11.8 Å². The number of nitrogens with two attached hydrogens (primary N) is 1. The number of nitrogen functional groups attached to an aromatic ring is 1. The Kier molecular flexibility index (Phi) is 5.94. The summed E-state index contributed by atoms with van der Waals surface area (Å²) in [5, 5.41) is 29.4. The molecule has 2 fully saturated rings. The number of carbonyl (C=O) groups is 2. The summed E-state index contributed by atoms with van der Waals surface area (Å²) in [6.45, 7) is 4.75. The first-order chi connectivity index (χ1) is 15.3. The number of imidazole rings is 1. The van der Waals surface area contributed by atoms with Crippen LogP contribution in [0.1, 0.15) is 19.0 Å². The zero-order chi connectivity index (χ0) is 23.0. The number of carbonyl (C=O) groups excluding carboxylic acids is 1. The zero-order valence-electron chi connectivity index (χ0n) is 17.2. The number of rotatable bonds is 3. The van der Waals surface area contributed by atoms with Crippen molar-refractivity contribution in [3.63, 3.8) is 0 Å². The van der Waals surface area contributed by atoms with Crippen molar-refractivity contribution in [1.82, 2.24) is 29.3 Å². The van der Waals surface area contributed by atoms with Crippen molar-refractivity contribution in [2.75, 3.05) is 38.5 Å². The lowest BCUT2D eigenvalue weighted by Gasteiger charge is -2.32. The number of nitrogens with zero attached hydrogens (tertiary/aromatic N) is 6. The number of anilines is 1. The van der Waals surface area contributed by atoms with Gasteiger partial charge in [0.2, 0.25) is 11.7 Å². The molecule has 0 saturated carbocycles. The smallest absolute Gasteiger partial charge is 0.335 e. The van der Waals surface area contributed by atoms with Gasteiger partial charge in [0.15, 0.2) is 23.8 Å². The van der Waals surface area contributed by atoms with E-state index >= 15 is 0 Å². The van der Waals surface area contributed by atoms with E-state index in [2.05, 4.69) is 31.7 Å². The molecule has 0 radical (unpaired) electrons. The molecule has 0 bridgehead atoms. The summed E-state index contributed by atoms with van der Waals surface area (Å²) in [6, 6.07) is 0. The summed E-state index contributed by atoms with van der Waals surface area (Å²) >= 11 is 0. The van der Waals surface area contributed by atoms with Crippen molar-refractivity contribution in [2.45, 2.75) is 31.5 Å². The Morgan fingerprint density at radius 3 is 2.56 bits per heavy atom. The Bertz CT molecular complexity index is 1100. The Labute approximate surface area is 182 Å². The van der Waals surface area contributed by atoms with Crippen LogP contribution in [0.15, 0.2) is 6.33 Å². The highest BCUT2D eigenvalue weighted by atomic mass is 16.6. The third-order valence-corrected chi connectivity index (χ3v) is 5.52. The molecule has 0 spiro atoms. The fourth-order valence-corrected chi connectivity index (χ4v) is 3.73. The van der Waals surface area contributed by atoms with Crippen LogP contribution in [0.25, 0.3) is 11.2 Å². The van der Waals surface area contributed by atoms with Gasteiger partial charge in [0.25, 0.3) is 0 Å². The average molecular weight is 445 g/mol.